The van der Waals surface area contributed by atoms with E-state index in [9.17, 15) is 0 Å². The third-order valence-corrected chi connectivity index (χ3v) is 3.74. The first-order chi connectivity index (χ1) is 7.85. The van der Waals surface area contributed by atoms with Gasteiger partial charge in [0.15, 0.2) is 0 Å². The zero-order valence-corrected chi connectivity index (χ0v) is 10.6. The lowest BCUT2D eigenvalue weighted by molar-refractivity contribution is 0.239. The Morgan fingerprint density at radius 1 is 1.06 bits per heavy atom. The van der Waals surface area contributed by atoms with Gasteiger partial charge in [0, 0.05) is 6.04 Å². The standard InChI is InChI=1S/C15H23N/c1-3-13-7-9-14(10-8-13)15(4-2)16-11-5-6-12-16/h7-10,15H,3-6,11-12H2,1-2H3. The molecule has 0 aliphatic carbocycles. The van der Waals surface area contributed by atoms with Crippen molar-refractivity contribution < 1.29 is 0 Å². The SMILES string of the molecule is CCc1ccc(C(CC)N2CCCC2)cc1. The van der Waals surface area contributed by atoms with Crippen LogP contribution in [0.4, 0.5) is 0 Å². The summed E-state index contributed by atoms with van der Waals surface area (Å²) < 4.78 is 0. The molecule has 1 heteroatoms. The van der Waals surface area contributed by atoms with Gasteiger partial charge >= 0.3 is 0 Å². The molecule has 88 valence electrons. The van der Waals surface area contributed by atoms with Crippen LogP contribution in [0.25, 0.3) is 0 Å². The number of hydrogen-bond donors (Lipinski definition) is 0. The molecular weight excluding hydrogens is 194 g/mol. The van der Waals surface area contributed by atoms with E-state index in [1.54, 1.807) is 0 Å². The van der Waals surface area contributed by atoms with Crippen molar-refractivity contribution in [1.29, 1.82) is 0 Å². The van der Waals surface area contributed by atoms with Crippen LogP contribution >= 0.6 is 0 Å². The fourth-order valence-corrected chi connectivity index (χ4v) is 2.73. The van der Waals surface area contributed by atoms with E-state index in [1.807, 2.05) is 0 Å². The van der Waals surface area contributed by atoms with Crippen LogP contribution in [0.2, 0.25) is 0 Å². The second-order valence-corrected chi connectivity index (χ2v) is 4.76. The van der Waals surface area contributed by atoms with Crippen LogP contribution < -0.4 is 0 Å². The molecule has 0 amide bonds. The van der Waals surface area contributed by atoms with Crippen molar-refractivity contribution in [3.05, 3.63) is 35.4 Å². The van der Waals surface area contributed by atoms with Gasteiger partial charge in [0.05, 0.1) is 0 Å². The quantitative estimate of drug-likeness (QED) is 0.741. The van der Waals surface area contributed by atoms with Gasteiger partial charge in [0.25, 0.3) is 0 Å². The number of rotatable bonds is 4. The van der Waals surface area contributed by atoms with Crippen molar-refractivity contribution in [1.82, 2.24) is 4.90 Å². The molecule has 2 rings (SSSR count). The highest BCUT2D eigenvalue weighted by Crippen LogP contribution is 2.27. The van der Waals surface area contributed by atoms with E-state index in [1.165, 1.54) is 43.5 Å². The average Bonchev–Trinajstić information content (AvgIpc) is 2.85. The summed E-state index contributed by atoms with van der Waals surface area (Å²) in [5.41, 5.74) is 2.95. The smallest absolute Gasteiger partial charge is 0.0345 e. The summed E-state index contributed by atoms with van der Waals surface area (Å²) in [6.45, 7) is 7.09. The second-order valence-electron chi connectivity index (χ2n) is 4.76. The summed E-state index contributed by atoms with van der Waals surface area (Å²) in [5, 5.41) is 0. The average molecular weight is 217 g/mol. The van der Waals surface area contributed by atoms with Crippen LogP contribution in [0.5, 0.6) is 0 Å². The molecule has 1 fully saturated rings. The van der Waals surface area contributed by atoms with Gasteiger partial charge in [-0.3, -0.25) is 4.90 Å². The largest absolute Gasteiger partial charge is 0.296 e. The van der Waals surface area contributed by atoms with Crippen LogP contribution in [-0.4, -0.2) is 18.0 Å². The van der Waals surface area contributed by atoms with Gasteiger partial charge in [0.2, 0.25) is 0 Å². The molecule has 0 bridgehead atoms. The van der Waals surface area contributed by atoms with Gasteiger partial charge < -0.3 is 0 Å². The minimum absolute atomic E-state index is 0.647. The number of benzene rings is 1. The second kappa shape index (κ2) is 5.49. The van der Waals surface area contributed by atoms with Crippen LogP contribution in [0.3, 0.4) is 0 Å². The van der Waals surface area contributed by atoms with Crippen molar-refractivity contribution in [3.63, 3.8) is 0 Å². The third kappa shape index (κ3) is 2.46. The Kier molecular flexibility index (Phi) is 4.00. The number of aryl methyl sites for hydroxylation is 1. The first-order valence-electron chi connectivity index (χ1n) is 6.68. The van der Waals surface area contributed by atoms with Crippen LogP contribution in [-0.2, 0) is 6.42 Å². The molecule has 0 saturated carbocycles. The summed E-state index contributed by atoms with van der Waals surface area (Å²) >= 11 is 0. The number of hydrogen-bond acceptors (Lipinski definition) is 1. The zero-order valence-electron chi connectivity index (χ0n) is 10.6. The maximum Gasteiger partial charge on any atom is 0.0345 e. The van der Waals surface area contributed by atoms with Crippen LogP contribution in [0.1, 0.15) is 50.3 Å². The molecule has 1 unspecified atom stereocenters. The molecule has 1 aromatic rings. The van der Waals surface area contributed by atoms with E-state index in [0.29, 0.717) is 6.04 Å². The molecule has 0 N–H and O–H groups in total. The monoisotopic (exact) mass is 217 g/mol. The van der Waals surface area contributed by atoms with E-state index >= 15 is 0 Å². The number of nitrogens with zero attached hydrogens (tertiary/aromatic N) is 1. The van der Waals surface area contributed by atoms with Gasteiger partial charge in [-0.1, -0.05) is 38.1 Å². The lowest BCUT2D eigenvalue weighted by Gasteiger charge is -2.27. The molecule has 1 aliphatic rings. The maximum absolute atomic E-state index is 2.64. The summed E-state index contributed by atoms with van der Waals surface area (Å²) in [6, 6.07) is 9.87. The van der Waals surface area contributed by atoms with E-state index in [0.717, 1.165) is 6.42 Å². The Morgan fingerprint density at radius 3 is 2.19 bits per heavy atom. The zero-order chi connectivity index (χ0) is 11.4. The predicted molar refractivity (Wildman–Crippen MR) is 69.7 cm³/mol. The molecule has 1 aromatic carbocycles. The molecular formula is C15H23N. The summed E-state index contributed by atoms with van der Waals surface area (Å²) in [4.78, 5) is 2.64. The minimum Gasteiger partial charge on any atom is -0.296 e. The highest BCUT2D eigenvalue weighted by atomic mass is 15.2. The van der Waals surface area contributed by atoms with Crippen LogP contribution in [0.15, 0.2) is 24.3 Å². The Labute approximate surface area is 99.5 Å². The van der Waals surface area contributed by atoms with E-state index in [2.05, 4.69) is 43.0 Å². The van der Waals surface area contributed by atoms with E-state index in [4.69, 9.17) is 0 Å². The molecule has 1 atom stereocenters. The van der Waals surface area contributed by atoms with Gasteiger partial charge in [-0.15, -0.1) is 0 Å². The maximum atomic E-state index is 2.64. The van der Waals surface area contributed by atoms with Gasteiger partial charge in [-0.05, 0) is 49.9 Å². The van der Waals surface area contributed by atoms with Gasteiger partial charge in [-0.2, -0.15) is 0 Å². The Bertz CT molecular complexity index is 309. The first kappa shape index (κ1) is 11.7. The third-order valence-electron chi connectivity index (χ3n) is 3.74. The summed E-state index contributed by atoms with van der Waals surface area (Å²) in [5.74, 6) is 0. The Hall–Kier alpha value is -0.820. The fraction of sp³-hybridized carbons (Fsp3) is 0.600. The molecule has 1 aliphatic heterocycles. The highest BCUT2D eigenvalue weighted by Gasteiger charge is 2.21. The van der Waals surface area contributed by atoms with E-state index in [-0.39, 0.29) is 0 Å². The lowest BCUT2D eigenvalue weighted by Crippen LogP contribution is -2.25. The number of likely N-dealkylation sites (tertiary alicyclic amines) is 1. The van der Waals surface area contributed by atoms with Crippen molar-refractivity contribution in [2.75, 3.05) is 13.1 Å². The summed E-state index contributed by atoms with van der Waals surface area (Å²) in [6.07, 6.45) is 5.12. The molecule has 16 heavy (non-hydrogen) atoms. The van der Waals surface area contributed by atoms with Gasteiger partial charge in [-0.25, -0.2) is 0 Å². The lowest BCUT2D eigenvalue weighted by atomic mass is 10.0. The minimum atomic E-state index is 0.647. The molecule has 1 saturated heterocycles. The van der Waals surface area contributed by atoms with Crippen molar-refractivity contribution in [2.45, 2.75) is 45.6 Å². The Morgan fingerprint density at radius 2 is 1.69 bits per heavy atom. The molecule has 1 heterocycles. The van der Waals surface area contributed by atoms with Crippen LogP contribution in [0, 0.1) is 0 Å². The van der Waals surface area contributed by atoms with Crippen molar-refractivity contribution in [2.24, 2.45) is 0 Å². The normalized spacial score (nSPS) is 18.9. The van der Waals surface area contributed by atoms with Crippen molar-refractivity contribution >= 4 is 0 Å². The molecule has 1 nitrogen and oxygen atoms in total. The Balaban J connectivity index is 2.12. The summed E-state index contributed by atoms with van der Waals surface area (Å²) in [7, 11) is 0. The van der Waals surface area contributed by atoms with Gasteiger partial charge in [0.1, 0.15) is 0 Å². The topological polar surface area (TPSA) is 3.24 Å². The van der Waals surface area contributed by atoms with Crippen molar-refractivity contribution in [3.8, 4) is 0 Å². The molecule has 0 aromatic heterocycles. The molecule has 0 radical (unpaired) electrons. The highest BCUT2D eigenvalue weighted by molar-refractivity contribution is 5.25. The molecule has 0 spiro atoms. The van der Waals surface area contributed by atoms with E-state index < -0.39 is 0 Å². The fourth-order valence-electron chi connectivity index (χ4n) is 2.73. The predicted octanol–water partition coefficient (Wildman–Crippen LogP) is 3.80. The first-order valence-corrected chi connectivity index (χ1v) is 6.68.